The molecule has 0 aromatic heterocycles. The van der Waals surface area contributed by atoms with Crippen LogP contribution < -0.4 is 5.32 Å². The minimum Gasteiger partial charge on any atom is -0.457 e. The molecule has 2 atom stereocenters. The molecule has 148 valence electrons. The zero-order valence-electron chi connectivity index (χ0n) is 16.3. The van der Waals surface area contributed by atoms with Crippen LogP contribution in [0.4, 0.5) is 0 Å². The van der Waals surface area contributed by atoms with Crippen LogP contribution >= 0.6 is 0 Å². The van der Waals surface area contributed by atoms with E-state index in [9.17, 15) is 9.59 Å². The summed E-state index contributed by atoms with van der Waals surface area (Å²) in [6.45, 7) is 3.38. The molecule has 5 heteroatoms. The number of rotatable bonds is 8. The number of esters is 1. The lowest BCUT2D eigenvalue weighted by Gasteiger charge is -2.24. The Labute approximate surface area is 166 Å². The van der Waals surface area contributed by atoms with Crippen molar-refractivity contribution in [2.24, 2.45) is 0 Å². The van der Waals surface area contributed by atoms with Crippen LogP contribution in [-0.4, -0.2) is 35.9 Å². The third kappa shape index (κ3) is 5.42. The van der Waals surface area contributed by atoms with Gasteiger partial charge in [-0.25, -0.2) is 0 Å². The number of hydrogen-bond donors (Lipinski definition) is 1. The van der Waals surface area contributed by atoms with Crippen LogP contribution in [0.2, 0.25) is 0 Å². The number of carbonyl (C=O) groups is 2. The number of ether oxygens (including phenoxy) is 1. The molecule has 5 nitrogen and oxygen atoms in total. The smallest absolute Gasteiger partial charge is 0.320 e. The van der Waals surface area contributed by atoms with E-state index < -0.39 is 0 Å². The van der Waals surface area contributed by atoms with Crippen LogP contribution in [0.5, 0.6) is 0 Å². The Morgan fingerprint density at radius 1 is 1.11 bits per heavy atom. The van der Waals surface area contributed by atoms with Gasteiger partial charge in [-0.05, 0) is 36.9 Å². The molecule has 1 unspecified atom stereocenters. The van der Waals surface area contributed by atoms with E-state index in [4.69, 9.17) is 4.74 Å². The first kappa shape index (κ1) is 20.1. The van der Waals surface area contributed by atoms with Gasteiger partial charge in [-0.2, -0.15) is 0 Å². The summed E-state index contributed by atoms with van der Waals surface area (Å²) in [5.41, 5.74) is 2.06. The molecule has 0 spiro atoms. The van der Waals surface area contributed by atoms with Crippen molar-refractivity contribution in [3.8, 4) is 0 Å². The zero-order valence-corrected chi connectivity index (χ0v) is 16.3. The van der Waals surface area contributed by atoms with Gasteiger partial charge < -0.3 is 10.1 Å². The highest BCUT2D eigenvalue weighted by Gasteiger charge is 2.32. The Balaban J connectivity index is 1.52. The summed E-state index contributed by atoms with van der Waals surface area (Å²) in [6.07, 6.45) is 2.15. The lowest BCUT2D eigenvalue weighted by Crippen LogP contribution is -2.45. The van der Waals surface area contributed by atoms with E-state index in [1.54, 1.807) is 0 Å². The molecule has 0 bridgehead atoms. The molecule has 1 aliphatic heterocycles. The van der Waals surface area contributed by atoms with Crippen LogP contribution in [-0.2, 0) is 20.9 Å². The predicted octanol–water partition coefficient (Wildman–Crippen LogP) is 3.46. The van der Waals surface area contributed by atoms with Crippen LogP contribution in [0.15, 0.2) is 60.7 Å². The molecule has 1 saturated heterocycles. The molecule has 1 amide bonds. The molecular weight excluding hydrogens is 352 g/mol. The summed E-state index contributed by atoms with van der Waals surface area (Å²) < 4.78 is 5.69. The van der Waals surface area contributed by atoms with Gasteiger partial charge >= 0.3 is 5.97 Å². The van der Waals surface area contributed by atoms with E-state index in [-0.39, 0.29) is 30.6 Å². The van der Waals surface area contributed by atoms with Gasteiger partial charge in [-0.15, -0.1) is 0 Å². The molecule has 0 saturated carbocycles. The predicted molar refractivity (Wildman–Crippen MR) is 108 cm³/mol. The number of likely N-dealkylation sites (tertiary alicyclic amines) is 1. The zero-order chi connectivity index (χ0) is 19.8. The molecule has 1 N–H and O–H groups in total. The fraction of sp³-hybridized carbons (Fsp3) is 0.391. The molecule has 0 radical (unpaired) electrons. The third-order valence-electron chi connectivity index (χ3n) is 5.12. The Morgan fingerprint density at radius 2 is 1.79 bits per heavy atom. The van der Waals surface area contributed by atoms with Gasteiger partial charge in [-0.3, -0.25) is 14.5 Å². The molecule has 2 aromatic carbocycles. The largest absolute Gasteiger partial charge is 0.457 e. The maximum absolute atomic E-state index is 12.6. The van der Waals surface area contributed by atoms with Crippen LogP contribution in [0.3, 0.4) is 0 Å². The van der Waals surface area contributed by atoms with E-state index in [1.165, 1.54) is 0 Å². The van der Waals surface area contributed by atoms with Gasteiger partial charge in [0.1, 0.15) is 6.10 Å². The van der Waals surface area contributed by atoms with Crippen molar-refractivity contribution in [1.82, 2.24) is 10.2 Å². The van der Waals surface area contributed by atoms with Crippen LogP contribution in [0.25, 0.3) is 0 Å². The van der Waals surface area contributed by atoms with Crippen molar-refractivity contribution in [3.05, 3.63) is 71.8 Å². The van der Waals surface area contributed by atoms with Gasteiger partial charge in [0.05, 0.1) is 12.6 Å². The second-order valence-electron chi connectivity index (χ2n) is 7.13. The van der Waals surface area contributed by atoms with E-state index in [0.717, 1.165) is 36.9 Å². The highest BCUT2D eigenvalue weighted by Crippen LogP contribution is 2.22. The van der Waals surface area contributed by atoms with Crippen LogP contribution in [0.1, 0.15) is 43.4 Å². The Morgan fingerprint density at radius 3 is 2.46 bits per heavy atom. The van der Waals surface area contributed by atoms with Gasteiger partial charge in [0.2, 0.25) is 5.91 Å². The maximum atomic E-state index is 12.6. The molecule has 3 rings (SSSR count). The van der Waals surface area contributed by atoms with Crippen molar-refractivity contribution in [1.29, 1.82) is 0 Å². The average Bonchev–Trinajstić information content (AvgIpc) is 3.19. The molecule has 1 aliphatic rings. The molecule has 0 aliphatic carbocycles. The minimum absolute atomic E-state index is 0.0238. The second kappa shape index (κ2) is 10.0. The second-order valence-corrected chi connectivity index (χ2v) is 7.13. The molecule has 1 fully saturated rings. The van der Waals surface area contributed by atoms with Gasteiger partial charge in [-0.1, -0.05) is 67.6 Å². The summed E-state index contributed by atoms with van der Waals surface area (Å²) in [5.74, 6) is -0.303. The Kier molecular flexibility index (Phi) is 7.20. The van der Waals surface area contributed by atoms with Crippen molar-refractivity contribution in [2.75, 3.05) is 13.1 Å². The topological polar surface area (TPSA) is 58.6 Å². The molecular formula is C23H28N2O3. The summed E-state index contributed by atoms with van der Waals surface area (Å²) in [4.78, 5) is 27.0. The Bertz CT molecular complexity index is 764. The van der Waals surface area contributed by atoms with Gasteiger partial charge in [0.25, 0.3) is 0 Å². The summed E-state index contributed by atoms with van der Waals surface area (Å²) >= 11 is 0. The first-order valence-electron chi connectivity index (χ1n) is 9.97. The van der Waals surface area contributed by atoms with Gasteiger partial charge in [0.15, 0.2) is 0 Å². The lowest BCUT2D eigenvalue weighted by atomic mass is 10.1. The number of nitrogens with zero attached hydrogens (tertiary/aromatic N) is 1. The monoisotopic (exact) mass is 380 g/mol. The highest BCUT2D eigenvalue weighted by molar-refractivity contribution is 5.83. The van der Waals surface area contributed by atoms with E-state index in [1.807, 2.05) is 72.5 Å². The fourth-order valence-electron chi connectivity index (χ4n) is 3.63. The lowest BCUT2D eigenvalue weighted by molar-refractivity contribution is -0.151. The summed E-state index contributed by atoms with van der Waals surface area (Å²) in [5, 5.41) is 2.99. The van der Waals surface area contributed by atoms with Crippen molar-refractivity contribution in [2.45, 2.75) is 44.9 Å². The number of benzene rings is 2. The molecule has 1 heterocycles. The standard InChI is InChI=1S/C23H28N2O3/c1-2-21(19-12-7-4-8-13-19)28-22(26)17-25-15-9-14-20(25)23(27)24-16-18-10-5-3-6-11-18/h3-8,10-13,20-21H,2,9,14-17H2,1H3,(H,24,27)/t20-,21?/m0/s1. The average molecular weight is 380 g/mol. The van der Waals surface area contributed by atoms with E-state index in [2.05, 4.69) is 5.32 Å². The van der Waals surface area contributed by atoms with Gasteiger partial charge in [0, 0.05) is 6.54 Å². The molecule has 28 heavy (non-hydrogen) atoms. The number of carbonyl (C=O) groups excluding carboxylic acids is 2. The van der Waals surface area contributed by atoms with Crippen LogP contribution in [0, 0.1) is 0 Å². The summed E-state index contributed by atoms with van der Waals surface area (Å²) in [7, 11) is 0. The Hall–Kier alpha value is -2.66. The number of nitrogens with one attached hydrogen (secondary N) is 1. The fourth-order valence-corrected chi connectivity index (χ4v) is 3.63. The SMILES string of the molecule is CCC(OC(=O)CN1CCC[C@H]1C(=O)NCc1ccccc1)c1ccccc1. The first-order valence-corrected chi connectivity index (χ1v) is 9.97. The van der Waals surface area contributed by atoms with Crippen molar-refractivity contribution < 1.29 is 14.3 Å². The van der Waals surface area contributed by atoms with Crippen molar-refractivity contribution >= 4 is 11.9 Å². The maximum Gasteiger partial charge on any atom is 0.320 e. The molecule has 2 aromatic rings. The number of amides is 1. The summed E-state index contributed by atoms with van der Waals surface area (Å²) in [6, 6.07) is 19.3. The van der Waals surface area contributed by atoms with Crippen molar-refractivity contribution in [3.63, 3.8) is 0 Å². The number of hydrogen-bond acceptors (Lipinski definition) is 4. The normalized spacial score (nSPS) is 17.8. The minimum atomic E-state index is -0.279. The third-order valence-corrected chi connectivity index (χ3v) is 5.12. The van der Waals surface area contributed by atoms with E-state index >= 15 is 0 Å². The first-order chi connectivity index (χ1) is 13.7. The van der Waals surface area contributed by atoms with E-state index in [0.29, 0.717) is 6.54 Å². The quantitative estimate of drug-likeness (QED) is 0.713. The highest BCUT2D eigenvalue weighted by atomic mass is 16.5.